The minimum atomic E-state index is -0.0232. The number of nitrogens with one attached hydrogen (secondary N) is 1. The fourth-order valence-electron chi connectivity index (χ4n) is 2.86. The molecule has 2 aromatic carbocycles. The van der Waals surface area contributed by atoms with Gasteiger partial charge < -0.3 is 19.5 Å². The minimum Gasteiger partial charge on any atom is -0.491 e. The van der Waals surface area contributed by atoms with Crippen LogP contribution in [0.15, 0.2) is 42.5 Å². The molecule has 0 saturated heterocycles. The van der Waals surface area contributed by atoms with Crippen LogP contribution in [0.5, 0.6) is 17.2 Å². The predicted molar refractivity (Wildman–Crippen MR) is 101 cm³/mol. The summed E-state index contributed by atoms with van der Waals surface area (Å²) in [7, 11) is 0. The van der Waals surface area contributed by atoms with E-state index in [0.29, 0.717) is 19.6 Å². The molecule has 3 rings (SSSR count). The molecule has 1 N–H and O–H groups in total. The van der Waals surface area contributed by atoms with Crippen molar-refractivity contribution in [2.75, 3.05) is 18.5 Å². The van der Waals surface area contributed by atoms with Crippen LogP contribution in [0.3, 0.4) is 0 Å². The Labute approximate surface area is 154 Å². The van der Waals surface area contributed by atoms with E-state index >= 15 is 0 Å². The summed E-state index contributed by atoms with van der Waals surface area (Å²) in [5.41, 5.74) is 1.82. The topological polar surface area (TPSA) is 56.8 Å². The number of benzene rings is 2. The van der Waals surface area contributed by atoms with Crippen molar-refractivity contribution in [1.82, 2.24) is 0 Å². The molecule has 26 heavy (non-hydrogen) atoms. The third-order valence-electron chi connectivity index (χ3n) is 4.14. The standard InChI is InChI=1S/C21H25NO4/c1-14(2)26-18-7-5-17(6-8-18)22-21(23)12-15(3)16-4-9-19-20(13-16)25-11-10-24-19/h4-9,13-15H,10-12H2,1-3H3,(H,22,23). The zero-order chi connectivity index (χ0) is 18.5. The highest BCUT2D eigenvalue weighted by Gasteiger charge is 2.16. The van der Waals surface area contributed by atoms with Crippen molar-refractivity contribution >= 4 is 11.6 Å². The molecule has 0 radical (unpaired) electrons. The molecule has 0 spiro atoms. The Morgan fingerprint density at radius 2 is 1.73 bits per heavy atom. The third-order valence-corrected chi connectivity index (χ3v) is 4.14. The summed E-state index contributed by atoms with van der Waals surface area (Å²) >= 11 is 0. The Kier molecular flexibility index (Phi) is 5.66. The molecular formula is C21H25NO4. The van der Waals surface area contributed by atoms with E-state index in [9.17, 15) is 4.79 Å². The first-order valence-corrected chi connectivity index (χ1v) is 8.97. The zero-order valence-corrected chi connectivity index (χ0v) is 15.5. The number of hydrogen-bond donors (Lipinski definition) is 1. The zero-order valence-electron chi connectivity index (χ0n) is 15.5. The van der Waals surface area contributed by atoms with E-state index < -0.39 is 0 Å². The van der Waals surface area contributed by atoms with Crippen molar-refractivity contribution in [3.05, 3.63) is 48.0 Å². The minimum absolute atomic E-state index is 0.0232. The molecule has 0 bridgehead atoms. The molecule has 1 amide bonds. The third kappa shape index (κ3) is 4.69. The van der Waals surface area contributed by atoms with Gasteiger partial charge >= 0.3 is 0 Å². The highest BCUT2D eigenvalue weighted by molar-refractivity contribution is 5.91. The van der Waals surface area contributed by atoms with Crippen LogP contribution in [0.25, 0.3) is 0 Å². The van der Waals surface area contributed by atoms with Crippen LogP contribution in [0, 0.1) is 0 Å². The van der Waals surface area contributed by atoms with Gasteiger partial charge in [0.2, 0.25) is 5.91 Å². The van der Waals surface area contributed by atoms with Gasteiger partial charge in [-0.3, -0.25) is 4.79 Å². The lowest BCUT2D eigenvalue weighted by atomic mass is 9.97. The van der Waals surface area contributed by atoms with Crippen LogP contribution >= 0.6 is 0 Å². The van der Waals surface area contributed by atoms with Gasteiger partial charge in [-0.2, -0.15) is 0 Å². The van der Waals surface area contributed by atoms with Crippen LogP contribution in [0.2, 0.25) is 0 Å². The maximum atomic E-state index is 12.3. The second-order valence-electron chi connectivity index (χ2n) is 6.75. The molecule has 2 aromatic rings. The second kappa shape index (κ2) is 8.13. The molecule has 0 aliphatic carbocycles. The molecular weight excluding hydrogens is 330 g/mol. The van der Waals surface area contributed by atoms with Crippen LogP contribution in [0.4, 0.5) is 5.69 Å². The molecule has 138 valence electrons. The lowest BCUT2D eigenvalue weighted by Gasteiger charge is -2.20. The molecule has 1 aliphatic rings. The van der Waals surface area contributed by atoms with Gasteiger partial charge in [0.1, 0.15) is 19.0 Å². The molecule has 0 saturated carbocycles. The average molecular weight is 355 g/mol. The first-order valence-electron chi connectivity index (χ1n) is 8.97. The van der Waals surface area contributed by atoms with Crippen molar-refractivity contribution in [3.63, 3.8) is 0 Å². The summed E-state index contributed by atoms with van der Waals surface area (Å²) in [6.07, 6.45) is 0.520. The lowest BCUT2D eigenvalue weighted by molar-refractivity contribution is -0.116. The number of hydrogen-bond acceptors (Lipinski definition) is 4. The normalized spacial score (nSPS) is 14.0. The number of carbonyl (C=O) groups is 1. The van der Waals surface area contributed by atoms with Crippen LogP contribution in [0.1, 0.15) is 38.7 Å². The summed E-state index contributed by atoms with van der Waals surface area (Å²) in [5, 5.41) is 2.94. The second-order valence-corrected chi connectivity index (χ2v) is 6.75. The van der Waals surface area contributed by atoms with Crippen LogP contribution in [-0.4, -0.2) is 25.2 Å². The van der Waals surface area contributed by atoms with Gasteiger partial charge in [0.25, 0.3) is 0 Å². The largest absolute Gasteiger partial charge is 0.491 e. The maximum absolute atomic E-state index is 12.3. The van der Waals surface area contributed by atoms with Crippen molar-refractivity contribution in [2.45, 2.75) is 39.2 Å². The van der Waals surface area contributed by atoms with E-state index in [-0.39, 0.29) is 17.9 Å². The van der Waals surface area contributed by atoms with Gasteiger partial charge in [-0.15, -0.1) is 0 Å². The lowest BCUT2D eigenvalue weighted by Crippen LogP contribution is -2.16. The van der Waals surface area contributed by atoms with Crippen molar-refractivity contribution in [2.24, 2.45) is 0 Å². The summed E-state index contributed by atoms with van der Waals surface area (Å²) in [4.78, 5) is 12.3. The van der Waals surface area contributed by atoms with E-state index in [1.165, 1.54) is 0 Å². The molecule has 5 nitrogen and oxygen atoms in total. The van der Waals surface area contributed by atoms with Crippen LogP contribution < -0.4 is 19.5 Å². The summed E-state index contributed by atoms with van der Waals surface area (Å²) in [6.45, 7) is 7.13. The van der Waals surface area contributed by atoms with Crippen molar-refractivity contribution in [1.29, 1.82) is 0 Å². The Hall–Kier alpha value is -2.69. The number of carbonyl (C=O) groups excluding carboxylic acids is 1. The van der Waals surface area contributed by atoms with Gasteiger partial charge in [0.05, 0.1) is 6.10 Å². The van der Waals surface area contributed by atoms with E-state index in [0.717, 1.165) is 28.5 Å². The molecule has 5 heteroatoms. The Bertz CT molecular complexity index is 755. The molecule has 1 aliphatic heterocycles. The van der Waals surface area contributed by atoms with Gasteiger partial charge in [0, 0.05) is 12.1 Å². The van der Waals surface area contributed by atoms with Crippen molar-refractivity contribution in [3.8, 4) is 17.2 Å². The number of amides is 1. The quantitative estimate of drug-likeness (QED) is 0.835. The first-order chi connectivity index (χ1) is 12.5. The molecule has 0 aromatic heterocycles. The Balaban J connectivity index is 1.57. The van der Waals surface area contributed by atoms with E-state index in [2.05, 4.69) is 5.32 Å². The van der Waals surface area contributed by atoms with E-state index in [4.69, 9.17) is 14.2 Å². The molecule has 1 atom stereocenters. The summed E-state index contributed by atoms with van der Waals surface area (Å²) in [5.74, 6) is 2.36. The highest BCUT2D eigenvalue weighted by atomic mass is 16.6. The summed E-state index contributed by atoms with van der Waals surface area (Å²) in [6, 6.07) is 13.3. The van der Waals surface area contributed by atoms with Gasteiger partial charge in [0.15, 0.2) is 11.5 Å². The van der Waals surface area contributed by atoms with Gasteiger partial charge in [-0.05, 0) is 61.7 Å². The fraction of sp³-hybridized carbons (Fsp3) is 0.381. The highest BCUT2D eigenvalue weighted by Crippen LogP contribution is 2.34. The molecule has 1 heterocycles. The first kappa shape index (κ1) is 18.1. The number of ether oxygens (including phenoxy) is 3. The fourth-order valence-corrected chi connectivity index (χ4v) is 2.86. The van der Waals surface area contributed by atoms with Gasteiger partial charge in [-0.1, -0.05) is 13.0 Å². The Morgan fingerprint density at radius 1 is 1.04 bits per heavy atom. The van der Waals surface area contributed by atoms with E-state index in [1.54, 1.807) is 0 Å². The van der Waals surface area contributed by atoms with E-state index in [1.807, 2.05) is 63.2 Å². The molecule has 0 fully saturated rings. The Morgan fingerprint density at radius 3 is 2.42 bits per heavy atom. The average Bonchev–Trinajstić information content (AvgIpc) is 2.62. The number of fused-ring (bicyclic) bond motifs is 1. The van der Waals surface area contributed by atoms with Gasteiger partial charge in [-0.25, -0.2) is 0 Å². The van der Waals surface area contributed by atoms with Crippen molar-refractivity contribution < 1.29 is 19.0 Å². The smallest absolute Gasteiger partial charge is 0.224 e. The molecule has 1 unspecified atom stereocenters. The number of anilines is 1. The number of rotatable bonds is 6. The SMILES string of the molecule is CC(C)Oc1ccc(NC(=O)CC(C)c2ccc3c(c2)OCCO3)cc1. The maximum Gasteiger partial charge on any atom is 0.224 e. The predicted octanol–water partition coefficient (Wildman–Crippen LogP) is 4.38. The van der Waals surface area contributed by atoms with Crippen LogP contribution in [-0.2, 0) is 4.79 Å². The summed E-state index contributed by atoms with van der Waals surface area (Å²) < 4.78 is 16.8. The monoisotopic (exact) mass is 355 g/mol.